The standard InChI is InChI=1S/C16H21F4N3.ClH/c17-13-2-1-12(15(9-13)16(18,19)20)10-22-6-3-14(11-22)23-7-4-21-5-8-23;/h1-2,9,14,21H,3-8,10-11H2;1H. The van der Waals surface area contributed by atoms with E-state index in [0.717, 1.165) is 51.8 Å². The van der Waals surface area contributed by atoms with Crippen molar-refractivity contribution in [2.75, 3.05) is 39.3 Å². The molecule has 2 aliphatic rings. The maximum absolute atomic E-state index is 13.2. The lowest BCUT2D eigenvalue weighted by atomic mass is 10.1. The van der Waals surface area contributed by atoms with Crippen LogP contribution >= 0.6 is 12.4 Å². The molecule has 0 radical (unpaired) electrons. The molecule has 2 heterocycles. The molecule has 1 aromatic carbocycles. The molecule has 136 valence electrons. The van der Waals surface area contributed by atoms with Gasteiger partial charge in [0.05, 0.1) is 5.56 Å². The Morgan fingerprint density at radius 1 is 1.12 bits per heavy atom. The van der Waals surface area contributed by atoms with E-state index in [9.17, 15) is 17.6 Å². The minimum absolute atomic E-state index is 0. The number of rotatable bonds is 3. The number of halogens is 5. The molecule has 1 atom stereocenters. The molecule has 0 spiro atoms. The molecule has 3 rings (SSSR count). The molecule has 0 amide bonds. The van der Waals surface area contributed by atoms with Gasteiger partial charge in [-0.3, -0.25) is 9.80 Å². The second-order valence-corrected chi connectivity index (χ2v) is 6.26. The van der Waals surface area contributed by atoms with E-state index in [1.165, 1.54) is 6.07 Å². The normalized spacial score (nSPS) is 23.2. The molecule has 2 fully saturated rings. The van der Waals surface area contributed by atoms with Crippen LogP contribution in [0, 0.1) is 5.82 Å². The van der Waals surface area contributed by atoms with E-state index in [2.05, 4.69) is 10.2 Å². The van der Waals surface area contributed by atoms with Crippen molar-refractivity contribution >= 4 is 12.4 Å². The third-order valence-corrected chi connectivity index (χ3v) is 4.69. The third kappa shape index (κ3) is 4.59. The predicted octanol–water partition coefficient (Wildman–Crippen LogP) is 2.75. The lowest BCUT2D eigenvalue weighted by Crippen LogP contribution is -2.49. The summed E-state index contributed by atoms with van der Waals surface area (Å²) in [5.41, 5.74) is -0.706. The molecule has 0 aliphatic carbocycles. The zero-order chi connectivity index (χ0) is 16.4. The van der Waals surface area contributed by atoms with Crippen molar-refractivity contribution in [1.82, 2.24) is 15.1 Å². The summed E-state index contributed by atoms with van der Waals surface area (Å²) in [6, 6.07) is 3.37. The van der Waals surface area contributed by atoms with Gasteiger partial charge >= 0.3 is 6.18 Å². The number of nitrogens with one attached hydrogen (secondary N) is 1. The predicted molar refractivity (Wildman–Crippen MR) is 86.8 cm³/mol. The van der Waals surface area contributed by atoms with Crippen LogP contribution in [0.4, 0.5) is 17.6 Å². The van der Waals surface area contributed by atoms with Crippen LogP contribution in [0.3, 0.4) is 0 Å². The smallest absolute Gasteiger partial charge is 0.314 e. The largest absolute Gasteiger partial charge is 0.416 e. The van der Waals surface area contributed by atoms with Crippen molar-refractivity contribution in [1.29, 1.82) is 0 Å². The summed E-state index contributed by atoms with van der Waals surface area (Å²) >= 11 is 0. The minimum Gasteiger partial charge on any atom is -0.314 e. The van der Waals surface area contributed by atoms with Gasteiger partial charge in [-0.05, 0) is 24.1 Å². The fourth-order valence-electron chi connectivity index (χ4n) is 3.49. The maximum Gasteiger partial charge on any atom is 0.416 e. The van der Waals surface area contributed by atoms with Crippen molar-refractivity contribution in [3.63, 3.8) is 0 Å². The summed E-state index contributed by atoms with van der Waals surface area (Å²) in [4.78, 5) is 4.45. The Bertz CT molecular complexity index is 547. The molecule has 1 unspecified atom stereocenters. The van der Waals surface area contributed by atoms with Crippen LogP contribution in [-0.2, 0) is 12.7 Å². The fraction of sp³-hybridized carbons (Fsp3) is 0.625. The van der Waals surface area contributed by atoms with Crippen LogP contribution in [0.2, 0.25) is 0 Å². The van der Waals surface area contributed by atoms with E-state index < -0.39 is 17.6 Å². The van der Waals surface area contributed by atoms with Gasteiger partial charge in [0.15, 0.2) is 0 Å². The van der Waals surface area contributed by atoms with Gasteiger partial charge in [0, 0.05) is 51.9 Å². The van der Waals surface area contributed by atoms with Gasteiger partial charge in [-0.1, -0.05) is 6.07 Å². The molecule has 1 N–H and O–H groups in total. The number of hydrogen-bond acceptors (Lipinski definition) is 3. The molecule has 2 aliphatic heterocycles. The van der Waals surface area contributed by atoms with Crippen molar-refractivity contribution in [3.8, 4) is 0 Å². The summed E-state index contributed by atoms with van der Waals surface area (Å²) in [6.07, 6.45) is -3.54. The summed E-state index contributed by atoms with van der Waals surface area (Å²) in [7, 11) is 0. The van der Waals surface area contributed by atoms with E-state index in [0.29, 0.717) is 12.1 Å². The number of benzene rings is 1. The van der Waals surface area contributed by atoms with Crippen LogP contribution in [0.1, 0.15) is 17.5 Å². The number of likely N-dealkylation sites (tertiary alicyclic amines) is 1. The van der Waals surface area contributed by atoms with Gasteiger partial charge in [-0.15, -0.1) is 12.4 Å². The summed E-state index contributed by atoms with van der Waals surface area (Å²) in [5.74, 6) is -0.846. The lowest BCUT2D eigenvalue weighted by molar-refractivity contribution is -0.138. The van der Waals surface area contributed by atoms with E-state index in [1.54, 1.807) is 0 Å². The molecule has 0 saturated carbocycles. The molecular weight excluding hydrogens is 346 g/mol. The summed E-state index contributed by atoms with van der Waals surface area (Å²) in [6.45, 7) is 5.68. The zero-order valence-corrected chi connectivity index (χ0v) is 14.1. The van der Waals surface area contributed by atoms with Crippen molar-refractivity contribution in [2.45, 2.75) is 25.2 Å². The van der Waals surface area contributed by atoms with Crippen LogP contribution in [0.15, 0.2) is 18.2 Å². The average molecular weight is 368 g/mol. The number of alkyl halides is 3. The molecule has 0 aromatic heterocycles. The maximum atomic E-state index is 13.2. The van der Waals surface area contributed by atoms with Crippen molar-refractivity contribution < 1.29 is 17.6 Å². The first kappa shape index (κ1) is 19.4. The van der Waals surface area contributed by atoms with Crippen LogP contribution in [0.5, 0.6) is 0 Å². The van der Waals surface area contributed by atoms with Crippen molar-refractivity contribution in [3.05, 3.63) is 35.1 Å². The minimum atomic E-state index is -4.52. The van der Waals surface area contributed by atoms with Crippen LogP contribution in [-0.4, -0.2) is 55.1 Å². The summed E-state index contributed by atoms with van der Waals surface area (Å²) in [5, 5.41) is 3.30. The highest BCUT2D eigenvalue weighted by Crippen LogP contribution is 2.33. The lowest BCUT2D eigenvalue weighted by Gasteiger charge is -2.32. The van der Waals surface area contributed by atoms with Gasteiger partial charge in [-0.2, -0.15) is 13.2 Å². The number of hydrogen-bond donors (Lipinski definition) is 1. The molecular formula is C16H22ClF4N3. The molecule has 3 nitrogen and oxygen atoms in total. The topological polar surface area (TPSA) is 18.5 Å². The quantitative estimate of drug-likeness (QED) is 0.829. The number of nitrogens with zero attached hydrogens (tertiary/aromatic N) is 2. The van der Waals surface area contributed by atoms with Gasteiger partial charge in [0.2, 0.25) is 0 Å². The Hall–Kier alpha value is -0.890. The van der Waals surface area contributed by atoms with E-state index in [4.69, 9.17) is 0 Å². The van der Waals surface area contributed by atoms with Crippen LogP contribution in [0.25, 0.3) is 0 Å². The Kier molecular flexibility index (Phi) is 6.47. The Morgan fingerprint density at radius 2 is 1.83 bits per heavy atom. The highest BCUT2D eigenvalue weighted by Gasteiger charge is 2.35. The number of piperazine rings is 1. The van der Waals surface area contributed by atoms with Gasteiger partial charge in [0.25, 0.3) is 0 Å². The van der Waals surface area contributed by atoms with Gasteiger partial charge in [-0.25, -0.2) is 4.39 Å². The fourth-order valence-corrected chi connectivity index (χ4v) is 3.49. The highest BCUT2D eigenvalue weighted by atomic mass is 35.5. The molecule has 2 saturated heterocycles. The average Bonchev–Trinajstić information content (AvgIpc) is 2.97. The second-order valence-electron chi connectivity index (χ2n) is 6.26. The molecule has 8 heteroatoms. The summed E-state index contributed by atoms with van der Waals surface area (Å²) < 4.78 is 52.4. The zero-order valence-electron chi connectivity index (χ0n) is 13.3. The molecule has 0 bridgehead atoms. The monoisotopic (exact) mass is 367 g/mol. The second kappa shape index (κ2) is 7.99. The van der Waals surface area contributed by atoms with Gasteiger partial charge in [0.1, 0.15) is 5.82 Å². The Labute approximate surface area is 145 Å². The third-order valence-electron chi connectivity index (χ3n) is 4.69. The first-order valence-electron chi connectivity index (χ1n) is 7.96. The first-order valence-corrected chi connectivity index (χ1v) is 7.96. The highest BCUT2D eigenvalue weighted by molar-refractivity contribution is 5.85. The van der Waals surface area contributed by atoms with E-state index in [1.807, 2.05) is 4.90 Å². The van der Waals surface area contributed by atoms with Crippen LogP contribution < -0.4 is 5.32 Å². The van der Waals surface area contributed by atoms with E-state index >= 15 is 0 Å². The Balaban J connectivity index is 0.00000208. The van der Waals surface area contributed by atoms with Crippen molar-refractivity contribution in [2.24, 2.45) is 0 Å². The Morgan fingerprint density at radius 3 is 2.50 bits per heavy atom. The SMILES string of the molecule is Cl.Fc1ccc(CN2CCC(N3CCNCC3)C2)c(C(F)(F)F)c1. The van der Waals surface area contributed by atoms with E-state index in [-0.39, 0.29) is 24.5 Å². The first-order chi connectivity index (χ1) is 10.9. The van der Waals surface area contributed by atoms with Gasteiger partial charge < -0.3 is 5.32 Å². The molecule has 1 aromatic rings. The molecule has 24 heavy (non-hydrogen) atoms.